The number of hydrogen-bond acceptors (Lipinski definition) is 2. The van der Waals surface area contributed by atoms with E-state index in [2.05, 4.69) is 78.7 Å². The van der Waals surface area contributed by atoms with Gasteiger partial charge in [-0.2, -0.15) is 0 Å². The van der Waals surface area contributed by atoms with Crippen LogP contribution in [-0.4, -0.2) is 4.98 Å². The SMILES string of the molecule is CC1(C)C2=C(c3ccccc3Nc3ccccc32)c2ccncc21. The first kappa shape index (κ1) is 13.6. The molecule has 0 amide bonds. The van der Waals surface area contributed by atoms with Crippen LogP contribution >= 0.6 is 0 Å². The van der Waals surface area contributed by atoms with Crippen LogP contribution in [0.3, 0.4) is 0 Å². The highest BCUT2D eigenvalue weighted by Crippen LogP contribution is 2.56. The molecule has 0 radical (unpaired) electrons. The Labute approximate surface area is 141 Å². The Bertz CT molecular complexity index is 1010. The lowest BCUT2D eigenvalue weighted by molar-refractivity contribution is 0.700. The van der Waals surface area contributed by atoms with Crippen LogP contribution < -0.4 is 5.32 Å². The van der Waals surface area contributed by atoms with Crippen LogP contribution in [0.2, 0.25) is 0 Å². The van der Waals surface area contributed by atoms with Crippen LogP contribution in [0.5, 0.6) is 0 Å². The fraction of sp³-hybridized carbons (Fsp3) is 0.136. The van der Waals surface area contributed by atoms with Crippen LogP contribution in [-0.2, 0) is 5.41 Å². The molecule has 0 fully saturated rings. The second kappa shape index (κ2) is 4.57. The quantitative estimate of drug-likeness (QED) is 0.602. The Hall–Kier alpha value is -2.87. The molecule has 116 valence electrons. The third-order valence-corrected chi connectivity index (χ3v) is 5.30. The summed E-state index contributed by atoms with van der Waals surface area (Å²) < 4.78 is 0. The molecule has 1 N–H and O–H groups in total. The van der Waals surface area contributed by atoms with Crippen molar-refractivity contribution in [2.45, 2.75) is 19.3 Å². The van der Waals surface area contributed by atoms with E-state index >= 15 is 0 Å². The molecule has 5 rings (SSSR count). The van der Waals surface area contributed by atoms with Crippen molar-refractivity contribution in [3.63, 3.8) is 0 Å². The average Bonchev–Trinajstić information content (AvgIpc) is 2.75. The first-order valence-corrected chi connectivity index (χ1v) is 8.33. The Morgan fingerprint density at radius 3 is 2.25 bits per heavy atom. The molecule has 1 aromatic heterocycles. The molecule has 2 heterocycles. The first-order chi connectivity index (χ1) is 11.7. The summed E-state index contributed by atoms with van der Waals surface area (Å²) in [6.45, 7) is 4.61. The summed E-state index contributed by atoms with van der Waals surface area (Å²) in [6, 6.07) is 19.4. The average molecular weight is 310 g/mol. The van der Waals surface area contributed by atoms with Crippen LogP contribution in [0.1, 0.15) is 36.1 Å². The van der Waals surface area contributed by atoms with Crippen molar-refractivity contribution in [3.05, 3.63) is 89.2 Å². The van der Waals surface area contributed by atoms with Gasteiger partial charge in [-0.1, -0.05) is 50.2 Å². The van der Waals surface area contributed by atoms with Gasteiger partial charge < -0.3 is 5.32 Å². The minimum atomic E-state index is -0.0752. The number of aromatic nitrogens is 1. The van der Waals surface area contributed by atoms with Crippen LogP contribution in [0.15, 0.2) is 67.0 Å². The van der Waals surface area contributed by atoms with Crippen LogP contribution in [0.4, 0.5) is 11.4 Å². The Balaban J connectivity index is 1.97. The van der Waals surface area contributed by atoms with E-state index in [1.54, 1.807) is 0 Å². The second-order valence-electron chi connectivity index (χ2n) is 7.01. The van der Waals surface area contributed by atoms with Crippen LogP contribution in [0, 0.1) is 0 Å². The summed E-state index contributed by atoms with van der Waals surface area (Å²) in [4.78, 5) is 4.40. The van der Waals surface area contributed by atoms with Gasteiger partial charge in [0.05, 0.1) is 0 Å². The van der Waals surface area contributed by atoms with Gasteiger partial charge in [0, 0.05) is 40.3 Å². The predicted molar refractivity (Wildman–Crippen MR) is 99.3 cm³/mol. The van der Waals surface area contributed by atoms with E-state index in [0.717, 1.165) is 5.69 Å². The molecular weight excluding hydrogens is 292 g/mol. The topological polar surface area (TPSA) is 24.9 Å². The number of nitrogens with one attached hydrogen (secondary N) is 1. The maximum atomic E-state index is 4.40. The molecule has 0 atom stereocenters. The Kier molecular flexibility index (Phi) is 2.58. The molecular formula is C22H18N2. The minimum absolute atomic E-state index is 0.0752. The van der Waals surface area contributed by atoms with E-state index in [4.69, 9.17) is 0 Å². The van der Waals surface area contributed by atoms with Crippen molar-refractivity contribution < 1.29 is 0 Å². The van der Waals surface area contributed by atoms with Crippen molar-refractivity contribution in [2.24, 2.45) is 0 Å². The molecule has 24 heavy (non-hydrogen) atoms. The smallest absolute Gasteiger partial charge is 0.0464 e. The summed E-state index contributed by atoms with van der Waals surface area (Å²) >= 11 is 0. The van der Waals surface area contributed by atoms with Gasteiger partial charge in [0.2, 0.25) is 0 Å². The molecule has 1 aliphatic carbocycles. The van der Waals surface area contributed by atoms with Crippen molar-refractivity contribution in [1.29, 1.82) is 0 Å². The lowest BCUT2D eigenvalue weighted by Crippen LogP contribution is -2.17. The fourth-order valence-corrected chi connectivity index (χ4v) is 4.21. The molecule has 2 nitrogen and oxygen atoms in total. The van der Waals surface area contributed by atoms with Gasteiger partial charge >= 0.3 is 0 Å². The lowest BCUT2D eigenvalue weighted by Gasteiger charge is -2.25. The number of fused-ring (bicyclic) bond motifs is 6. The molecule has 2 aromatic carbocycles. The maximum Gasteiger partial charge on any atom is 0.0464 e. The zero-order valence-corrected chi connectivity index (χ0v) is 13.8. The third kappa shape index (κ3) is 1.63. The molecule has 0 saturated carbocycles. The molecule has 0 bridgehead atoms. The van der Waals surface area contributed by atoms with Crippen LogP contribution in [0.25, 0.3) is 11.1 Å². The van der Waals surface area contributed by atoms with Crippen molar-refractivity contribution in [2.75, 3.05) is 5.32 Å². The van der Waals surface area contributed by atoms with Gasteiger partial charge in [-0.05, 0) is 40.5 Å². The predicted octanol–water partition coefficient (Wildman–Crippen LogP) is 5.39. The van der Waals surface area contributed by atoms with Gasteiger partial charge in [0.1, 0.15) is 0 Å². The summed E-state index contributed by atoms with van der Waals surface area (Å²) in [5.41, 5.74) is 10.1. The lowest BCUT2D eigenvalue weighted by atomic mass is 9.78. The van der Waals surface area contributed by atoms with E-state index in [0.29, 0.717) is 0 Å². The van der Waals surface area contributed by atoms with E-state index < -0.39 is 0 Å². The number of pyridine rings is 1. The minimum Gasteiger partial charge on any atom is -0.355 e. The molecule has 0 saturated heterocycles. The number of benzene rings is 2. The van der Waals surface area contributed by atoms with E-state index in [-0.39, 0.29) is 5.41 Å². The fourth-order valence-electron chi connectivity index (χ4n) is 4.21. The van der Waals surface area contributed by atoms with Crippen molar-refractivity contribution >= 4 is 22.5 Å². The van der Waals surface area contributed by atoms with Gasteiger partial charge in [-0.25, -0.2) is 0 Å². The summed E-state index contributed by atoms with van der Waals surface area (Å²) in [5.74, 6) is 0. The highest BCUT2D eigenvalue weighted by atomic mass is 14.9. The van der Waals surface area contributed by atoms with Crippen molar-refractivity contribution in [3.8, 4) is 0 Å². The third-order valence-electron chi connectivity index (χ3n) is 5.30. The summed E-state index contributed by atoms with van der Waals surface area (Å²) in [6.07, 6.45) is 3.93. The number of para-hydroxylation sites is 2. The molecule has 1 aliphatic heterocycles. The zero-order valence-electron chi connectivity index (χ0n) is 13.8. The molecule has 0 spiro atoms. The Morgan fingerprint density at radius 1 is 0.792 bits per heavy atom. The highest BCUT2D eigenvalue weighted by Gasteiger charge is 2.41. The number of nitrogens with zero attached hydrogens (tertiary/aromatic N) is 1. The van der Waals surface area contributed by atoms with Gasteiger partial charge in [-0.15, -0.1) is 0 Å². The highest BCUT2D eigenvalue weighted by molar-refractivity contribution is 6.12. The normalized spacial score (nSPS) is 16.4. The Morgan fingerprint density at radius 2 is 1.46 bits per heavy atom. The summed E-state index contributed by atoms with van der Waals surface area (Å²) in [7, 11) is 0. The van der Waals surface area contributed by atoms with Gasteiger partial charge in [0.25, 0.3) is 0 Å². The monoisotopic (exact) mass is 310 g/mol. The molecule has 2 aliphatic rings. The van der Waals surface area contributed by atoms with E-state index in [9.17, 15) is 0 Å². The number of allylic oxidation sites excluding steroid dienone is 1. The number of anilines is 2. The molecule has 0 unspecified atom stereocenters. The largest absolute Gasteiger partial charge is 0.355 e. The van der Waals surface area contributed by atoms with Crippen molar-refractivity contribution in [1.82, 2.24) is 4.98 Å². The van der Waals surface area contributed by atoms with Gasteiger partial charge in [-0.3, -0.25) is 4.98 Å². The van der Waals surface area contributed by atoms with E-state index in [1.165, 1.54) is 39.1 Å². The standard InChI is InChI=1S/C22H18N2/c1-22(2)17-13-23-12-11-14(17)20-15-7-3-5-9-18(15)24-19-10-6-4-8-16(19)21(20)22/h3-13,24H,1-2H3. The number of rotatable bonds is 0. The zero-order chi connectivity index (χ0) is 16.3. The second-order valence-corrected chi connectivity index (χ2v) is 7.01. The van der Waals surface area contributed by atoms with E-state index in [1.807, 2.05) is 12.4 Å². The summed E-state index contributed by atoms with van der Waals surface area (Å²) in [5, 5.41) is 3.64. The maximum absolute atomic E-state index is 4.40. The number of hydrogen-bond donors (Lipinski definition) is 1. The molecule has 3 aromatic rings. The molecule has 2 heteroatoms. The van der Waals surface area contributed by atoms with Gasteiger partial charge in [0.15, 0.2) is 0 Å². The first-order valence-electron chi connectivity index (χ1n) is 8.33.